The Morgan fingerprint density at radius 2 is 2.00 bits per heavy atom. The van der Waals surface area contributed by atoms with Gasteiger partial charge in [0, 0.05) is 13.1 Å². The van der Waals surface area contributed by atoms with Crippen molar-refractivity contribution in [3.8, 4) is 0 Å². The number of rotatable bonds is 4. The van der Waals surface area contributed by atoms with Crippen molar-refractivity contribution in [3.05, 3.63) is 0 Å². The highest BCUT2D eigenvalue weighted by atomic mass is 16.4. The van der Waals surface area contributed by atoms with Gasteiger partial charge in [-0.1, -0.05) is 34.1 Å². The van der Waals surface area contributed by atoms with Gasteiger partial charge >= 0.3 is 5.97 Å². The summed E-state index contributed by atoms with van der Waals surface area (Å²) in [6.07, 6.45) is 2.79. The van der Waals surface area contributed by atoms with Crippen molar-refractivity contribution in [1.82, 2.24) is 4.90 Å². The first kappa shape index (κ1) is 17.0. The van der Waals surface area contributed by atoms with Gasteiger partial charge in [-0.15, -0.1) is 0 Å². The van der Waals surface area contributed by atoms with Gasteiger partial charge in [-0.2, -0.15) is 0 Å². The highest BCUT2D eigenvalue weighted by molar-refractivity contribution is 5.84. The molecule has 1 fully saturated rings. The topological polar surface area (TPSA) is 83.6 Å². The van der Waals surface area contributed by atoms with Gasteiger partial charge in [0.15, 0.2) is 0 Å². The lowest BCUT2D eigenvalue weighted by Crippen LogP contribution is -2.56. The molecule has 2 unspecified atom stereocenters. The fourth-order valence-electron chi connectivity index (χ4n) is 2.85. The molecule has 1 saturated heterocycles. The van der Waals surface area contributed by atoms with Crippen molar-refractivity contribution in [2.45, 2.75) is 59.4 Å². The number of hydrogen-bond acceptors (Lipinski definition) is 3. The Balaban J connectivity index is 2.88. The van der Waals surface area contributed by atoms with Crippen LogP contribution in [0.3, 0.4) is 0 Å². The van der Waals surface area contributed by atoms with Crippen LogP contribution in [0.1, 0.15) is 53.4 Å². The van der Waals surface area contributed by atoms with Crippen LogP contribution in [-0.2, 0) is 9.59 Å². The molecule has 1 rings (SSSR count). The highest BCUT2D eigenvalue weighted by Gasteiger charge is 2.44. The molecule has 0 aromatic rings. The molecule has 0 spiro atoms. The molecule has 5 heteroatoms. The molecule has 20 heavy (non-hydrogen) atoms. The van der Waals surface area contributed by atoms with E-state index in [1.165, 1.54) is 0 Å². The zero-order valence-electron chi connectivity index (χ0n) is 13.1. The average molecular weight is 284 g/mol. The van der Waals surface area contributed by atoms with Crippen LogP contribution >= 0.6 is 0 Å². The van der Waals surface area contributed by atoms with Gasteiger partial charge < -0.3 is 15.7 Å². The number of amides is 1. The zero-order valence-corrected chi connectivity index (χ0v) is 13.1. The Morgan fingerprint density at radius 3 is 2.45 bits per heavy atom. The molecule has 1 heterocycles. The third kappa shape index (κ3) is 3.51. The maximum Gasteiger partial charge on any atom is 0.311 e. The van der Waals surface area contributed by atoms with E-state index in [2.05, 4.69) is 0 Å². The molecule has 5 nitrogen and oxygen atoms in total. The summed E-state index contributed by atoms with van der Waals surface area (Å²) in [7, 11) is 0. The molecular weight excluding hydrogens is 256 g/mol. The SMILES string of the molecule is CCCC1(C(=O)O)CCCN(C(=O)C(N)C(C)(C)C)C1. The molecule has 2 atom stereocenters. The van der Waals surface area contributed by atoms with Crippen LogP contribution in [0.25, 0.3) is 0 Å². The Kier molecular flexibility index (Phi) is 5.19. The number of nitrogens with zero attached hydrogens (tertiary/aromatic N) is 1. The summed E-state index contributed by atoms with van der Waals surface area (Å²) < 4.78 is 0. The third-order valence-electron chi connectivity index (χ3n) is 4.27. The molecule has 0 aromatic carbocycles. The van der Waals surface area contributed by atoms with Crippen LogP contribution in [-0.4, -0.2) is 41.0 Å². The van der Waals surface area contributed by atoms with Crippen molar-refractivity contribution in [2.75, 3.05) is 13.1 Å². The summed E-state index contributed by atoms with van der Waals surface area (Å²) in [4.78, 5) is 25.8. The molecule has 1 amide bonds. The van der Waals surface area contributed by atoms with Crippen LogP contribution in [0.5, 0.6) is 0 Å². The maximum atomic E-state index is 12.5. The van der Waals surface area contributed by atoms with E-state index in [0.29, 0.717) is 25.9 Å². The Bertz CT molecular complexity index is 372. The van der Waals surface area contributed by atoms with Crippen molar-refractivity contribution in [2.24, 2.45) is 16.6 Å². The number of likely N-dealkylation sites (tertiary alicyclic amines) is 1. The summed E-state index contributed by atoms with van der Waals surface area (Å²) in [5.41, 5.74) is 4.92. The first-order valence-electron chi connectivity index (χ1n) is 7.42. The zero-order chi connectivity index (χ0) is 15.6. The highest BCUT2D eigenvalue weighted by Crippen LogP contribution is 2.35. The second-order valence-corrected chi connectivity index (χ2v) is 7.04. The second-order valence-electron chi connectivity index (χ2n) is 7.04. The Hall–Kier alpha value is -1.10. The van der Waals surface area contributed by atoms with E-state index in [1.807, 2.05) is 27.7 Å². The fourth-order valence-corrected chi connectivity index (χ4v) is 2.85. The van der Waals surface area contributed by atoms with Crippen molar-refractivity contribution < 1.29 is 14.7 Å². The van der Waals surface area contributed by atoms with Gasteiger partial charge in [0.1, 0.15) is 0 Å². The lowest BCUT2D eigenvalue weighted by atomic mass is 9.75. The van der Waals surface area contributed by atoms with Crippen LogP contribution < -0.4 is 5.73 Å². The van der Waals surface area contributed by atoms with E-state index < -0.39 is 17.4 Å². The molecular formula is C15H28N2O3. The molecule has 3 N–H and O–H groups in total. The standard InChI is InChI=1S/C15H28N2O3/c1-5-7-15(13(19)20)8-6-9-17(10-15)12(18)11(16)14(2,3)4/h11H,5-10,16H2,1-4H3,(H,19,20). The Labute approximate surface area is 121 Å². The number of carbonyl (C=O) groups is 2. The fraction of sp³-hybridized carbons (Fsp3) is 0.867. The van der Waals surface area contributed by atoms with Crippen LogP contribution in [0.15, 0.2) is 0 Å². The normalized spacial score (nSPS) is 25.4. The summed E-state index contributed by atoms with van der Waals surface area (Å²) in [5.74, 6) is -0.917. The van der Waals surface area contributed by atoms with Crippen molar-refractivity contribution in [1.29, 1.82) is 0 Å². The molecule has 0 saturated carbocycles. The number of carboxylic acids is 1. The van der Waals surface area contributed by atoms with Crippen LogP contribution in [0.4, 0.5) is 0 Å². The Morgan fingerprint density at radius 1 is 1.40 bits per heavy atom. The molecule has 1 aliphatic rings. The van der Waals surface area contributed by atoms with E-state index in [9.17, 15) is 14.7 Å². The van der Waals surface area contributed by atoms with Crippen molar-refractivity contribution in [3.63, 3.8) is 0 Å². The molecule has 0 bridgehead atoms. The molecule has 0 aliphatic carbocycles. The largest absolute Gasteiger partial charge is 0.481 e. The van der Waals surface area contributed by atoms with E-state index in [-0.39, 0.29) is 11.3 Å². The minimum Gasteiger partial charge on any atom is -0.481 e. The third-order valence-corrected chi connectivity index (χ3v) is 4.27. The minimum absolute atomic E-state index is 0.126. The number of carboxylic acid groups (broad SMARTS) is 1. The molecule has 1 aliphatic heterocycles. The van der Waals surface area contributed by atoms with Gasteiger partial charge in [-0.05, 0) is 24.7 Å². The first-order valence-corrected chi connectivity index (χ1v) is 7.42. The summed E-state index contributed by atoms with van der Waals surface area (Å²) in [6.45, 7) is 8.66. The van der Waals surface area contributed by atoms with E-state index >= 15 is 0 Å². The minimum atomic E-state index is -0.791. The van der Waals surface area contributed by atoms with Crippen LogP contribution in [0, 0.1) is 10.8 Å². The number of hydrogen-bond donors (Lipinski definition) is 2. The first-order chi connectivity index (χ1) is 9.14. The number of nitrogens with two attached hydrogens (primary N) is 1. The van der Waals surface area contributed by atoms with Gasteiger partial charge in [-0.25, -0.2) is 0 Å². The second kappa shape index (κ2) is 6.12. The molecule has 116 valence electrons. The van der Waals surface area contributed by atoms with E-state index in [0.717, 1.165) is 12.8 Å². The molecule has 0 aromatic heterocycles. The van der Waals surface area contributed by atoms with Crippen LogP contribution in [0.2, 0.25) is 0 Å². The monoisotopic (exact) mass is 284 g/mol. The smallest absolute Gasteiger partial charge is 0.311 e. The van der Waals surface area contributed by atoms with E-state index in [1.54, 1.807) is 4.90 Å². The average Bonchev–Trinajstić information content (AvgIpc) is 2.36. The summed E-state index contributed by atoms with van der Waals surface area (Å²) >= 11 is 0. The lowest BCUT2D eigenvalue weighted by Gasteiger charge is -2.42. The van der Waals surface area contributed by atoms with Gasteiger partial charge in [-0.3, -0.25) is 9.59 Å². The van der Waals surface area contributed by atoms with Gasteiger partial charge in [0.05, 0.1) is 11.5 Å². The maximum absolute atomic E-state index is 12.5. The van der Waals surface area contributed by atoms with E-state index in [4.69, 9.17) is 5.73 Å². The lowest BCUT2D eigenvalue weighted by molar-refractivity contribution is -0.156. The number of piperidine rings is 1. The van der Waals surface area contributed by atoms with Gasteiger partial charge in [0.2, 0.25) is 5.91 Å². The number of aliphatic carboxylic acids is 1. The quantitative estimate of drug-likeness (QED) is 0.825. The predicted octanol–water partition coefficient (Wildman–Crippen LogP) is 1.85. The predicted molar refractivity (Wildman–Crippen MR) is 78.2 cm³/mol. The summed E-state index contributed by atoms with van der Waals surface area (Å²) in [5, 5.41) is 9.55. The van der Waals surface area contributed by atoms with Crippen molar-refractivity contribution >= 4 is 11.9 Å². The van der Waals surface area contributed by atoms with Gasteiger partial charge in [0.25, 0.3) is 0 Å². The number of carbonyl (C=O) groups excluding carboxylic acids is 1. The molecule has 0 radical (unpaired) electrons. The summed E-state index contributed by atoms with van der Waals surface area (Å²) in [6, 6.07) is -0.589.